The Balaban J connectivity index is 1.66. The molecule has 0 unspecified atom stereocenters. The number of aromatic nitrogens is 2. The number of nitrogens with two attached hydrogens (primary N) is 1. The van der Waals surface area contributed by atoms with Gasteiger partial charge in [0.2, 0.25) is 6.41 Å². The number of hydrogen-bond acceptors (Lipinski definition) is 5. The fourth-order valence-corrected chi connectivity index (χ4v) is 4.30. The molecule has 11 heteroatoms. The number of benzene rings is 1. The molecule has 2 aromatic rings. The SMILES string of the molecule is N#CCC1(n2cc(C(N)=O)c(NC=O)n2)CCC(NCc2cccc(CC(F)(F)F)c2)CC1. The summed E-state index contributed by atoms with van der Waals surface area (Å²) in [4.78, 5) is 22.5. The number of nitriles is 1. The molecule has 176 valence electrons. The number of nitrogens with one attached hydrogen (secondary N) is 2. The molecule has 0 atom stereocenters. The molecule has 0 bridgehead atoms. The molecule has 1 fully saturated rings. The second-order valence-electron chi connectivity index (χ2n) is 8.29. The molecular formula is C22H25F3N6O2. The van der Waals surface area contributed by atoms with E-state index in [0.717, 1.165) is 5.56 Å². The lowest BCUT2D eigenvalue weighted by atomic mass is 9.77. The summed E-state index contributed by atoms with van der Waals surface area (Å²) in [6, 6.07) is 8.72. The van der Waals surface area contributed by atoms with Crippen LogP contribution < -0.4 is 16.4 Å². The van der Waals surface area contributed by atoms with E-state index in [2.05, 4.69) is 21.8 Å². The van der Waals surface area contributed by atoms with Crippen LogP contribution in [0, 0.1) is 11.3 Å². The third kappa shape index (κ3) is 6.10. The minimum Gasteiger partial charge on any atom is -0.365 e. The van der Waals surface area contributed by atoms with Gasteiger partial charge in [-0.3, -0.25) is 14.3 Å². The number of carbonyl (C=O) groups excluding carboxylic acids is 2. The number of alkyl halides is 3. The molecule has 1 aromatic carbocycles. The molecule has 0 aliphatic heterocycles. The van der Waals surface area contributed by atoms with Crippen LogP contribution in [-0.2, 0) is 23.3 Å². The fraction of sp³-hybridized carbons (Fsp3) is 0.455. The molecule has 2 amide bonds. The largest absolute Gasteiger partial charge is 0.393 e. The van der Waals surface area contributed by atoms with E-state index < -0.39 is 24.0 Å². The van der Waals surface area contributed by atoms with Crippen LogP contribution in [0.3, 0.4) is 0 Å². The van der Waals surface area contributed by atoms with Gasteiger partial charge in [-0.25, -0.2) is 0 Å². The van der Waals surface area contributed by atoms with Crippen LogP contribution >= 0.6 is 0 Å². The lowest BCUT2D eigenvalue weighted by Gasteiger charge is -2.39. The van der Waals surface area contributed by atoms with Crippen LogP contribution in [0.15, 0.2) is 30.5 Å². The molecular weight excluding hydrogens is 437 g/mol. The van der Waals surface area contributed by atoms with Gasteiger partial charge in [0.25, 0.3) is 5.91 Å². The van der Waals surface area contributed by atoms with Crippen molar-refractivity contribution in [2.75, 3.05) is 5.32 Å². The Morgan fingerprint density at radius 1 is 1.33 bits per heavy atom. The van der Waals surface area contributed by atoms with Crippen molar-refractivity contribution in [3.63, 3.8) is 0 Å². The van der Waals surface area contributed by atoms with E-state index in [1.165, 1.54) is 12.3 Å². The maximum atomic E-state index is 12.6. The van der Waals surface area contributed by atoms with Gasteiger partial charge in [0, 0.05) is 18.8 Å². The summed E-state index contributed by atoms with van der Waals surface area (Å²) in [5, 5.41) is 19.5. The van der Waals surface area contributed by atoms with E-state index in [4.69, 9.17) is 5.73 Å². The topological polar surface area (TPSA) is 126 Å². The Bertz CT molecular complexity index is 1040. The van der Waals surface area contributed by atoms with Crippen molar-refractivity contribution in [3.8, 4) is 6.07 Å². The van der Waals surface area contributed by atoms with Gasteiger partial charge in [0.05, 0.1) is 24.4 Å². The lowest BCUT2D eigenvalue weighted by Crippen LogP contribution is -2.43. The Labute approximate surface area is 188 Å². The second kappa shape index (κ2) is 10.0. The summed E-state index contributed by atoms with van der Waals surface area (Å²) in [5.41, 5.74) is 5.80. The van der Waals surface area contributed by atoms with Gasteiger partial charge in [0.15, 0.2) is 5.82 Å². The molecule has 4 N–H and O–H groups in total. The van der Waals surface area contributed by atoms with E-state index >= 15 is 0 Å². The molecule has 1 aromatic heterocycles. The smallest absolute Gasteiger partial charge is 0.365 e. The van der Waals surface area contributed by atoms with Gasteiger partial charge in [-0.1, -0.05) is 24.3 Å². The van der Waals surface area contributed by atoms with Crippen LogP contribution in [0.1, 0.15) is 53.6 Å². The standard InChI is InChI=1S/C22H25F3N6O2/c23-22(24,25)11-15-2-1-3-16(10-15)12-28-17-4-6-21(7-5-17,8-9-26)31-13-18(19(27)33)20(30-31)29-14-32/h1-3,10,13-14,17,28H,4-8,11-12H2,(H2,27,33)(H,29,30,32). The molecule has 0 spiro atoms. The van der Waals surface area contributed by atoms with Crippen molar-refractivity contribution in [2.45, 2.75) is 62.8 Å². The molecule has 8 nitrogen and oxygen atoms in total. The van der Waals surface area contributed by atoms with E-state index in [0.29, 0.717) is 38.6 Å². The van der Waals surface area contributed by atoms with Crippen molar-refractivity contribution in [1.29, 1.82) is 5.26 Å². The average Bonchev–Trinajstić information content (AvgIpc) is 3.18. The summed E-state index contributed by atoms with van der Waals surface area (Å²) in [6.07, 6.45) is -0.593. The summed E-state index contributed by atoms with van der Waals surface area (Å²) in [6.45, 7) is 0.433. The number of primary amides is 1. The summed E-state index contributed by atoms with van der Waals surface area (Å²) in [5.74, 6) is -0.686. The predicted molar refractivity (Wildman–Crippen MR) is 114 cm³/mol. The Morgan fingerprint density at radius 2 is 2.03 bits per heavy atom. The fourth-order valence-electron chi connectivity index (χ4n) is 4.30. The van der Waals surface area contributed by atoms with Crippen LogP contribution in [0.4, 0.5) is 19.0 Å². The minimum atomic E-state index is -4.25. The zero-order chi connectivity index (χ0) is 24.1. The molecule has 0 saturated heterocycles. The average molecular weight is 462 g/mol. The van der Waals surface area contributed by atoms with Gasteiger partial charge in [-0.05, 0) is 36.8 Å². The zero-order valence-corrected chi connectivity index (χ0v) is 17.9. The van der Waals surface area contributed by atoms with Crippen molar-refractivity contribution in [1.82, 2.24) is 15.1 Å². The summed E-state index contributed by atoms with van der Waals surface area (Å²) >= 11 is 0. The molecule has 0 radical (unpaired) electrons. The first-order valence-corrected chi connectivity index (χ1v) is 10.5. The van der Waals surface area contributed by atoms with Crippen LogP contribution in [-0.4, -0.2) is 34.3 Å². The zero-order valence-electron chi connectivity index (χ0n) is 17.9. The molecule has 33 heavy (non-hydrogen) atoms. The number of nitrogens with zero attached hydrogens (tertiary/aromatic N) is 3. The first-order chi connectivity index (χ1) is 15.7. The Hall–Kier alpha value is -3.39. The van der Waals surface area contributed by atoms with E-state index in [-0.39, 0.29) is 29.4 Å². The maximum Gasteiger partial charge on any atom is 0.393 e. The number of carbonyl (C=O) groups is 2. The first kappa shape index (κ1) is 24.3. The van der Waals surface area contributed by atoms with Gasteiger partial charge in [-0.15, -0.1) is 0 Å². The number of amides is 2. The highest BCUT2D eigenvalue weighted by molar-refractivity contribution is 5.99. The third-order valence-electron chi connectivity index (χ3n) is 5.98. The van der Waals surface area contributed by atoms with Gasteiger partial charge >= 0.3 is 6.18 Å². The first-order valence-electron chi connectivity index (χ1n) is 10.5. The van der Waals surface area contributed by atoms with E-state index in [1.807, 2.05) is 0 Å². The maximum absolute atomic E-state index is 12.6. The van der Waals surface area contributed by atoms with Crippen LogP contribution in [0.2, 0.25) is 0 Å². The number of rotatable bonds is 9. The van der Waals surface area contributed by atoms with Crippen molar-refractivity contribution >= 4 is 18.1 Å². The highest BCUT2D eigenvalue weighted by atomic mass is 19.4. The van der Waals surface area contributed by atoms with Gasteiger partial charge in [0.1, 0.15) is 5.56 Å². The third-order valence-corrected chi connectivity index (χ3v) is 5.98. The van der Waals surface area contributed by atoms with Crippen molar-refractivity contribution < 1.29 is 22.8 Å². The molecule has 1 aliphatic carbocycles. The molecule has 1 saturated carbocycles. The van der Waals surface area contributed by atoms with E-state index in [1.54, 1.807) is 22.9 Å². The van der Waals surface area contributed by atoms with Crippen molar-refractivity contribution in [2.24, 2.45) is 5.73 Å². The minimum absolute atomic E-state index is 0.0498. The molecule has 1 heterocycles. The summed E-state index contributed by atoms with van der Waals surface area (Å²) in [7, 11) is 0. The molecule has 1 aliphatic rings. The number of hydrogen-bond donors (Lipinski definition) is 3. The van der Waals surface area contributed by atoms with E-state index in [9.17, 15) is 28.0 Å². The van der Waals surface area contributed by atoms with Crippen LogP contribution in [0.5, 0.6) is 0 Å². The highest BCUT2D eigenvalue weighted by Crippen LogP contribution is 2.38. The Kier molecular flexibility index (Phi) is 7.38. The quantitative estimate of drug-likeness (QED) is 0.494. The van der Waals surface area contributed by atoms with Gasteiger partial charge in [-0.2, -0.15) is 23.5 Å². The normalized spacial score (nSPS) is 20.7. The summed E-state index contributed by atoms with van der Waals surface area (Å²) < 4.78 is 39.5. The van der Waals surface area contributed by atoms with Crippen LogP contribution in [0.25, 0.3) is 0 Å². The Morgan fingerprint density at radius 3 is 2.64 bits per heavy atom. The predicted octanol–water partition coefficient (Wildman–Crippen LogP) is 3.00. The highest BCUT2D eigenvalue weighted by Gasteiger charge is 2.38. The van der Waals surface area contributed by atoms with Crippen molar-refractivity contribution in [3.05, 3.63) is 47.2 Å². The number of halogens is 3. The number of anilines is 1. The molecule has 3 rings (SSSR count). The monoisotopic (exact) mass is 462 g/mol. The lowest BCUT2D eigenvalue weighted by molar-refractivity contribution is -0.127. The second-order valence-corrected chi connectivity index (χ2v) is 8.29. The van der Waals surface area contributed by atoms with Gasteiger partial charge < -0.3 is 16.4 Å².